The quantitative estimate of drug-likeness (QED) is 0.0916. The Morgan fingerprint density at radius 2 is 0.886 bits per heavy atom. The van der Waals surface area contributed by atoms with E-state index in [2.05, 4.69) is 83.6 Å². The zero-order chi connectivity index (χ0) is 25.2. The Balaban J connectivity index is 1.91. The van der Waals surface area contributed by atoms with Gasteiger partial charge in [0.1, 0.15) is 0 Å². The van der Waals surface area contributed by atoms with Crippen molar-refractivity contribution >= 4 is 77.0 Å². The molecule has 3 aromatic rings. The molecule has 0 saturated carbocycles. The third kappa shape index (κ3) is 7.38. The van der Waals surface area contributed by atoms with Gasteiger partial charge in [-0.2, -0.15) is 0 Å². The van der Waals surface area contributed by atoms with Gasteiger partial charge in [-0.3, -0.25) is 0 Å². The van der Waals surface area contributed by atoms with Crippen LogP contribution in [0.2, 0.25) is 15.1 Å². The molecule has 0 atom stereocenters. The predicted octanol–water partition coefficient (Wildman–Crippen LogP) is 10.7. The molecule has 0 fully saturated rings. The number of unbranched alkanes of at least 4 members (excludes halogenated alkanes) is 9. The standard InChI is InChI=1S/C30H37Cl3IP/c1-2-3-4-5-6-7-8-9-10-11-21-35(34,28-18-12-15-25(31)22-28,29-19-13-16-26(32)23-29)30-20-14-17-27(33)24-30/h12-20,22-24H,2-11,21H2,1H3. The van der Waals surface area contributed by atoms with Crippen LogP contribution < -0.4 is 15.9 Å². The average Bonchev–Trinajstić information content (AvgIpc) is 2.85. The van der Waals surface area contributed by atoms with E-state index in [-0.39, 0.29) is 0 Å². The van der Waals surface area contributed by atoms with Gasteiger partial charge in [0, 0.05) is 0 Å². The van der Waals surface area contributed by atoms with Crippen molar-refractivity contribution in [1.29, 1.82) is 0 Å². The van der Waals surface area contributed by atoms with Crippen LogP contribution in [0.5, 0.6) is 0 Å². The van der Waals surface area contributed by atoms with Crippen molar-refractivity contribution in [2.45, 2.75) is 71.1 Å². The van der Waals surface area contributed by atoms with Gasteiger partial charge in [-0.1, -0.05) is 0 Å². The topological polar surface area (TPSA) is 0 Å². The molecular formula is C30H37Cl3IP. The molecule has 190 valence electrons. The summed E-state index contributed by atoms with van der Waals surface area (Å²) in [6, 6.07) is 25.3. The van der Waals surface area contributed by atoms with E-state index >= 15 is 0 Å². The van der Waals surface area contributed by atoms with E-state index in [0.29, 0.717) is 0 Å². The molecule has 3 rings (SSSR count). The number of halogens is 4. The fraction of sp³-hybridized carbons (Fsp3) is 0.400. The van der Waals surface area contributed by atoms with Crippen molar-refractivity contribution in [1.82, 2.24) is 0 Å². The van der Waals surface area contributed by atoms with Crippen molar-refractivity contribution in [3.63, 3.8) is 0 Å². The van der Waals surface area contributed by atoms with E-state index in [1.807, 2.05) is 18.2 Å². The van der Waals surface area contributed by atoms with E-state index in [9.17, 15) is 0 Å². The summed E-state index contributed by atoms with van der Waals surface area (Å²) in [4.78, 5) is 0. The number of hydrogen-bond acceptors (Lipinski definition) is 0. The van der Waals surface area contributed by atoms with Crippen LogP contribution in [0.4, 0.5) is 0 Å². The summed E-state index contributed by atoms with van der Waals surface area (Å²) in [6.07, 6.45) is 14.3. The monoisotopic (exact) mass is 660 g/mol. The van der Waals surface area contributed by atoms with Gasteiger partial charge in [0.05, 0.1) is 0 Å². The number of rotatable bonds is 14. The molecule has 0 amide bonds. The van der Waals surface area contributed by atoms with Gasteiger partial charge < -0.3 is 0 Å². The summed E-state index contributed by atoms with van der Waals surface area (Å²) >= 11 is 22.5. The van der Waals surface area contributed by atoms with E-state index in [1.54, 1.807) is 0 Å². The molecule has 3 aromatic carbocycles. The summed E-state index contributed by atoms with van der Waals surface area (Å²) in [5, 5.41) is 6.14. The number of benzene rings is 3. The van der Waals surface area contributed by atoms with Crippen molar-refractivity contribution in [2.24, 2.45) is 0 Å². The van der Waals surface area contributed by atoms with Gasteiger partial charge in [-0.05, 0) is 0 Å². The minimum absolute atomic E-state index is 0.764. The maximum atomic E-state index is 6.58. The first kappa shape index (κ1) is 29.2. The third-order valence-electron chi connectivity index (χ3n) is 6.97. The van der Waals surface area contributed by atoms with Gasteiger partial charge in [0.15, 0.2) is 0 Å². The zero-order valence-electron chi connectivity index (χ0n) is 20.7. The van der Waals surface area contributed by atoms with Gasteiger partial charge in [0.25, 0.3) is 0 Å². The van der Waals surface area contributed by atoms with Gasteiger partial charge in [-0.15, -0.1) is 0 Å². The maximum absolute atomic E-state index is 6.58. The van der Waals surface area contributed by atoms with Crippen LogP contribution in [0.15, 0.2) is 72.8 Å². The van der Waals surface area contributed by atoms with Gasteiger partial charge in [-0.25, -0.2) is 0 Å². The fourth-order valence-electron chi connectivity index (χ4n) is 5.03. The average molecular weight is 662 g/mol. The van der Waals surface area contributed by atoms with E-state index < -0.39 is 4.25 Å². The summed E-state index contributed by atoms with van der Waals surface area (Å²) < 4.78 is -2.91. The first-order valence-electron chi connectivity index (χ1n) is 12.9. The van der Waals surface area contributed by atoms with Crippen molar-refractivity contribution in [2.75, 3.05) is 6.16 Å². The Hall–Kier alpha value is -0.310. The first-order valence-corrected chi connectivity index (χ1v) is 19.2. The van der Waals surface area contributed by atoms with E-state index in [4.69, 9.17) is 34.8 Å². The predicted molar refractivity (Wildman–Crippen MR) is 171 cm³/mol. The molecule has 0 radical (unpaired) electrons. The molecule has 0 unspecified atom stereocenters. The fourth-order valence-corrected chi connectivity index (χ4v) is 14.5. The molecule has 0 bridgehead atoms. The summed E-state index contributed by atoms with van der Waals surface area (Å²) in [5.74, 6) is 0. The molecular weight excluding hydrogens is 625 g/mol. The molecule has 0 aliphatic rings. The Morgan fingerprint density at radius 1 is 0.543 bits per heavy atom. The summed E-state index contributed by atoms with van der Waals surface area (Å²) in [5.41, 5.74) is 0. The van der Waals surface area contributed by atoms with Crippen LogP contribution in [0.25, 0.3) is 0 Å². The molecule has 0 nitrogen and oxygen atoms in total. The Morgan fingerprint density at radius 3 is 1.23 bits per heavy atom. The molecule has 0 N–H and O–H groups in total. The Labute approximate surface area is 240 Å². The van der Waals surface area contributed by atoms with Crippen LogP contribution in [-0.2, 0) is 0 Å². The van der Waals surface area contributed by atoms with Crippen LogP contribution in [0.3, 0.4) is 0 Å². The third-order valence-corrected chi connectivity index (χ3v) is 19.4. The van der Waals surface area contributed by atoms with Crippen LogP contribution >= 0.6 is 61.1 Å². The van der Waals surface area contributed by atoms with Crippen LogP contribution in [0, 0.1) is 0 Å². The second kappa shape index (κ2) is 14.0. The molecule has 5 heteroatoms. The Kier molecular flexibility index (Phi) is 11.7. The van der Waals surface area contributed by atoms with Crippen molar-refractivity contribution in [3.8, 4) is 0 Å². The molecule has 35 heavy (non-hydrogen) atoms. The number of hydrogen-bond donors (Lipinski definition) is 0. The van der Waals surface area contributed by atoms with Crippen LogP contribution in [-0.4, -0.2) is 6.16 Å². The Bertz CT molecular complexity index is 971. The van der Waals surface area contributed by atoms with E-state index in [0.717, 1.165) is 27.7 Å². The summed E-state index contributed by atoms with van der Waals surface area (Å²) in [7, 11) is 0. The normalized spacial score (nSPS) is 12.9. The van der Waals surface area contributed by atoms with Crippen molar-refractivity contribution < 1.29 is 0 Å². The zero-order valence-corrected chi connectivity index (χ0v) is 26.0. The van der Waals surface area contributed by atoms with Crippen LogP contribution in [0.1, 0.15) is 71.1 Å². The molecule has 0 heterocycles. The van der Waals surface area contributed by atoms with Gasteiger partial charge in [0.2, 0.25) is 0 Å². The SMILES string of the molecule is CCCCCCCCCCCCP(I)(c1cccc(Cl)c1)(c1cccc(Cl)c1)c1cccc(Cl)c1. The second-order valence-corrected chi connectivity index (χ2v) is 21.6. The molecule has 0 aromatic heterocycles. The van der Waals surface area contributed by atoms with Gasteiger partial charge >= 0.3 is 242 Å². The minimum atomic E-state index is -2.91. The van der Waals surface area contributed by atoms with E-state index in [1.165, 1.54) is 73.7 Å². The molecule has 0 saturated heterocycles. The molecule has 0 spiro atoms. The molecule has 0 aliphatic heterocycles. The first-order chi connectivity index (χ1) is 16.9. The van der Waals surface area contributed by atoms with Crippen molar-refractivity contribution in [3.05, 3.63) is 87.9 Å². The second-order valence-electron chi connectivity index (χ2n) is 9.53. The summed E-state index contributed by atoms with van der Waals surface area (Å²) in [6.45, 7) is 2.28. The molecule has 0 aliphatic carbocycles.